The topological polar surface area (TPSA) is 37.4 Å². The summed E-state index contributed by atoms with van der Waals surface area (Å²) < 4.78 is 26.4. The van der Waals surface area contributed by atoms with Crippen LogP contribution in [0.4, 0.5) is 5.69 Å². The van der Waals surface area contributed by atoms with Crippen molar-refractivity contribution in [2.45, 2.75) is 11.8 Å². The summed E-state index contributed by atoms with van der Waals surface area (Å²) in [5.74, 6) is 0. The molecule has 0 spiro atoms. The molecule has 0 aromatic heterocycles. The van der Waals surface area contributed by atoms with Gasteiger partial charge in [-0.1, -0.05) is 59.1 Å². The normalized spacial score (nSPS) is 11.0. The molecular formula is C15H13Cl2NO2S. The number of nitrogens with zero attached hydrogens (tertiary/aromatic N) is 1. The van der Waals surface area contributed by atoms with Crippen LogP contribution < -0.4 is 4.31 Å². The van der Waals surface area contributed by atoms with E-state index in [-0.39, 0.29) is 9.39 Å². The molecule has 2 aromatic rings. The molecule has 2 aromatic carbocycles. The van der Waals surface area contributed by atoms with Gasteiger partial charge in [-0.25, -0.2) is 12.7 Å². The molecule has 0 radical (unpaired) electrons. The molecule has 0 fully saturated rings. The molecule has 21 heavy (non-hydrogen) atoms. The quantitative estimate of drug-likeness (QED) is 0.822. The summed E-state index contributed by atoms with van der Waals surface area (Å²) in [7, 11) is -3.78. The van der Waals surface area contributed by atoms with Crippen LogP contribution in [0.1, 0.15) is 5.56 Å². The maximum Gasteiger partial charge on any atom is 0.268 e. The van der Waals surface area contributed by atoms with E-state index in [4.69, 9.17) is 23.2 Å². The van der Waals surface area contributed by atoms with Gasteiger partial charge in [0, 0.05) is 0 Å². The summed E-state index contributed by atoms with van der Waals surface area (Å²) in [5.41, 5.74) is 1.43. The number of anilines is 1. The lowest BCUT2D eigenvalue weighted by atomic mass is 10.2. The van der Waals surface area contributed by atoms with E-state index < -0.39 is 10.0 Å². The van der Waals surface area contributed by atoms with Crippen LogP contribution in [0.5, 0.6) is 0 Å². The van der Waals surface area contributed by atoms with E-state index in [0.29, 0.717) is 5.69 Å². The lowest BCUT2D eigenvalue weighted by Gasteiger charge is -2.20. The fourth-order valence-electron chi connectivity index (χ4n) is 1.77. The Kier molecular flexibility index (Phi) is 4.93. The predicted octanol–water partition coefficient (Wildman–Crippen LogP) is 4.47. The van der Waals surface area contributed by atoms with Gasteiger partial charge in [-0.05, 0) is 31.2 Å². The Morgan fingerprint density at radius 1 is 1.00 bits per heavy atom. The molecule has 6 heteroatoms. The molecule has 0 bridgehead atoms. The molecule has 0 saturated heterocycles. The zero-order chi connectivity index (χ0) is 15.5. The van der Waals surface area contributed by atoms with Crippen LogP contribution in [0, 0.1) is 6.92 Å². The average molecular weight is 342 g/mol. The van der Waals surface area contributed by atoms with Gasteiger partial charge in [0.05, 0.1) is 16.8 Å². The summed E-state index contributed by atoms with van der Waals surface area (Å²) in [5, 5.41) is 0. The molecule has 0 aliphatic carbocycles. The molecule has 0 heterocycles. The summed E-state index contributed by atoms with van der Waals surface area (Å²) in [6.45, 7) is 1.89. The number of halogens is 2. The zero-order valence-electron chi connectivity index (χ0n) is 11.2. The average Bonchev–Trinajstić information content (AvgIpc) is 2.46. The van der Waals surface area contributed by atoms with Crippen molar-refractivity contribution in [1.29, 1.82) is 0 Å². The number of aryl methyl sites for hydroxylation is 1. The van der Waals surface area contributed by atoms with E-state index in [0.717, 1.165) is 9.87 Å². The minimum Gasteiger partial charge on any atom is -0.239 e. The Balaban J connectivity index is 2.55. The Morgan fingerprint density at radius 3 is 2.10 bits per heavy atom. The summed E-state index contributed by atoms with van der Waals surface area (Å²) in [4.78, 5) is 0.169. The fraction of sp³-hybridized carbons (Fsp3) is 0.0667. The highest BCUT2D eigenvalue weighted by Crippen LogP contribution is 2.26. The van der Waals surface area contributed by atoms with Gasteiger partial charge < -0.3 is 0 Å². The molecule has 2 rings (SSSR count). The number of benzene rings is 2. The van der Waals surface area contributed by atoms with Crippen molar-refractivity contribution in [3.05, 3.63) is 70.9 Å². The Morgan fingerprint density at radius 2 is 1.57 bits per heavy atom. The second-order valence-corrected chi connectivity index (χ2v) is 7.19. The van der Waals surface area contributed by atoms with E-state index in [1.54, 1.807) is 54.6 Å². The van der Waals surface area contributed by atoms with Crippen LogP contribution in [0.25, 0.3) is 0 Å². The van der Waals surface area contributed by atoms with Crippen LogP contribution in [0.15, 0.2) is 70.2 Å². The second-order valence-electron chi connectivity index (χ2n) is 4.37. The number of rotatable bonds is 4. The third-order valence-electron chi connectivity index (χ3n) is 2.80. The van der Waals surface area contributed by atoms with Gasteiger partial charge in [0.15, 0.2) is 0 Å². The maximum absolute atomic E-state index is 12.7. The highest BCUT2D eigenvalue weighted by Gasteiger charge is 2.23. The van der Waals surface area contributed by atoms with E-state index in [2.05, 4.69) is 0 Å². The van der Waals surface area contributed by atoms with Crippen molar-refractivity contribution in [3.8, 4) is 0 Å². The monoisotopic (exact) mass is 341 g/mol. The van der Waals surface area contributed by atoms with Crippen LogP contribution in [0.3, 0.4) is 0 Å². The van der Waals surface area contributed by atoms with Crippen LogP contribution >= 0.6 is 23.2 Å². The number of hydrogen-bond acceptors (Lipinski definition) is 2. The number of para-hydroxylation sites is 1. The minimum atomic E-state index is -3.78. The van der Waals surface area contributed by atoms with Gasteiger partial charge >= 0.3 is 0 Å². The molecular weight excluding hydrogens is 329 g/mol. The lowest BCUT2D eigenvalue weighted by molar-refractivity contribution is 0.596. The highest BCUT2D eigenvalue weighted by atomic mass is 35.5. The van der Waals surface area contributed by atoms with Crippen LogP contribution in [-0.4, -0.2) is 8.42 Å². The van der Waals surface area contributed by atoms with Gasteiger partial charge in [0.1, 0.15) is 4.49 Å². The number of sulfonamides is 1. The SMILES string of the molecule is Cc1ccc(S(=O)(=O)N(C=C(Cl)Cl)c2ccccc2)cc1. The Bertz CT molecular complexity index is 737. The largest absolute Gasteiger partial charge is 0.268 e. The first-order valence-corrected chi connectivity index (χ1v) is 8.30. The van der Waals surface area contributed by atoms with Gasteiger partial charge in [-0.15, -0.1) is 0 Å². The molecule has 0 unspecified atom stereocenters. The third-order valence-corrected chi connectivity index (χ3v) is 4.70. The first-order chi connectivity index (χ1) is 9.91. The van der Waals surface area contributed by atoms with Gasteiger partial charge in [0.25, 0.3) is 10.0 Å². The van der Waals surface area contributed by atoms with Gasteiger partial charge in [-0.2, -0.15) is 0 Å². The number of hydrogen-bond donors (Lipinski definition) is 0. The molecule has 0 atom stereocenters. The molecule has 0 saturated carbocycles. The van der Waals surface area contributed by atoms with Crippen LogP contribution in [-0.2, 0) is 10.0 Å². The van der Waals surface area contributed by atoms with E-state index >= 15 is 0 Å². The van der Waals surface area contributed by atoms with Gasteiger partial charge in [0.2, 0.25) is 0 Å². The standard InChI is InChI=1S/C15H13Cl2NO2S/c1-12-7-9-14(10-8-12)21(19,20)18(11-15(16)17)13-5-3-2-4-6-13/h2-11H,1H3. The summed E-state index contributed by atoms with van der Waals surface area (Å²) in [6.07, 6.45) is 1.17. The second kappa shape index (κ2) is 6.52. The first-order valence-electron chi connectivity index (χ1n) is 6.10. The Hall–Kier alpha value is -1.49. The first kappa shape index (κ1) is 15.9. The van der Waals surface area contributed by atoms with Crippen molar-refractivity contribution in [3.63, 3.8) is 0 Å². The van der Waals surface area contributed by atoms with Crippen molar-refractivity contribution < 1.29 is 8.42 Å². The molecule has 3 nitrogen and oxygen atoms in total. The third kappa shape index (κ3) is 3.79. The fourth-order valence-corrected chi connectivity index (χ4v) is 3.43. The van der Waals surface area contributed by atoms with Crippen molar-refractivity contribution in [1.82, 2.24) is 0 Å². The van der Waals surface area contributed by atoms with E-state index in [1.165, 1.54) is 6.20 Å². The summed E-state index contributed by atoms with van der Waals surface area (Å²) in [6, 6.07) is 15.2. The smallest absolute Gasteiger partial charge is 0.239 e. The molecule has 0 N–H and O–H groups in total. The molecule has 0 amide bonds. The van der Waals surface area contributed by atoms with Gasteiger partial charge in [-0.3, -0.25) is 0 Å². The van der Waals surface area contributed by atoms with Crippen LogP contribution in [0.2, 0.25) is 0 Å². The van der Waals surface area contributed by atoms with E-state index in [9.17, 15) is 8.42 Å². The van der Waals surface area contributed by atoms with Crippen molar-refractivity contribution in [2.24, 2.45) is 0 Å². The zero-order valence-corrected chi connectivity index (χ0v) is 13.5. The lowest BCUT2D eigenvalue weighted by Crippen LogP contribution is -2.25. The van der Waals surface area contributed by atoms with E-state index in [1.807, 2.05) is 6.92 Å². The molecule has 0 aliphatic rings. The highest BCUT2D eigenvalue weighted by molar-refractivity contribution is 7.93. The minimum absolute atomic E-state index is 0.144. The molecule has 0 aliphatic heterocycles. The predicted molar refractivity (Wildman–Crippen MR) is 87.1 cm³/mol. The Labute approximate surface area is 134 Å². The molecule has 110 valence electrons. The summed E-state index contributed by atoms with van der Waals surface area (Å²) >= 11 is 11.3. The van der Waals surface area contributed by atoms with Crippen molar-refractivity contribution in [2.75, 3.05) is 4.31 Å². The van der Waals surface area contributed by atoms with Crippen molar-refractivity contribution >= 4 is 38.9 Å². The maximum atomic E-state index is 12.7.